The number of carbonyl (C=O) groups excluding carboxylic acids is 1. The molecule has 4 nitrogen and oxygen atoms in total. The molecule has 2 aromatic rings. The van der Waals surface area contributed by atoms with Crippen molar-refractivity contribution in [1.29, 1.82) is 0 Å². The van der Waals surface area contributed by atoms with Crippen molar-refractivity contribution in [2.45, 2.75) is 26.1 Å². The van der Waals surface area contributed by atoms with Crippen molar-refractivity contribution in [2.24, 2.45) is 0 Å². The second-order valence-electron chi connectivity index (χ2n) is 5.38. The second kappa shape index (κ2) is 7.20. The van der Waals surface area contributed by atoms with Crippen LogP contribution in [-0.4, -0.2) is 12.5 Å². The molecule has 4 heteroatoms. The zero-order valence-electron chi connectivity index (χ0n) is 12.4. The van der Waals surface area contributed by atoms with Gasteiger partial charge in [-0.25, -0.2) is 5.48 Å². The molecule has 0 spiro atoms. The number of rotatable bonds is 5. The summed E-state index contributed by atoms with van der Waals surface area (Å²) in [5.74, 6) is -0.136. The van der Waals surface area contributed by atoms with Crippen molar-refractivity contribution >= 4 is 5.91 Å². The van der Waals surface area contributed by atoms with E-state index in [1.165, 1.54) is 11.1 Å². The van der Waals surface area contributed by atoms with Gasteiger partial charge in [-0.2, -0.15) is 0 Å². The van der Waals surface area contributed by atoms with Gasteiger partial charge in [-0.15, -0.1) is 0 Å². The molecule has 0 radical (unpaired) electrons. The van der Waals surface area contributed by atoms with E-state index in [0.717, 1.165) is 24.2 Å². The van der Waals surface area contributed by atoms with E-state index >= 15 is 0 Å². The largest absolute Gasteiger partial charge is 0.376 e. The second-order valence-corrected chi connectivity index (χ2v) is 5.38. The van der Waals surface area contributed by atoms with Crippen LogP contribution in [0.25, 0.3) is 0 Å². The lowest BCUT2D eigenvalue weighted by Crippen LogP contribution is -2.25. The maximum Gasteiger partial charge on any atom is 0.247 e. The summed E-state index contributed by atoms with van der Waals surface area (Å²) >= 11 is 0. The predicted octanol–water partition coefficient (Wildman–Crippen LogP) is 2.55. The lowest BCUT2D eigenvalue weighted by Gasteiger charge is -2.17. The zero-order chi connectivity index (χ0) is 15.2. The monoisotopic (exact) mass is 297 g/mol. The third-order valence-electron chi connectivity index (χ3n) is 3.68. The molecule has 2 aromatic carbocycles. The highest BCUT2D eigenvalue weighted by Crippen LogP contribution is 2.18. The average Bonchev–Trinajstić information content (AvgIpc) is 2.56. The van der Waals surface area contributed by atoms with Crippen LogP contribution in [0.5, 0.6) is 0 Å². The summed E-state index contributed by atoms with van der Waals surface area (Å²) in [7, 11) is 0. The zero-order valence-corrected chi connectivity index (χ0v) is 12.4. The molecule has 1 aliphatic rings. The molecule has 1 aliphatic heterocycles. The predicted molar refractivity (Wildman–Crippen MR) is 82.9 cm³/mol. The van der Waals surface area contributed by atoms with Gasteiger partial charge in [0.15, 0.2) is 0 Å². The molecule has 0 atom stereocenters. The number of nitrogens with one attached hydrogen (secondary N) is 1. The van der Waals surface area contributed by atoms with Gasteiger partial charge in [0.05, 0.1) is 26.2 Å². The molecule has 3 rings (SSSR count). The van der Waals surface area contributed by atoms with Gasteiger partial charge >= 0.3 is 0 Å². The molecular formula is C18H19NO3. The number of hydrogen-bond donors (Lipinski definition) is 1. The van der Waals surface area contributed by atoms with E-state index in [4.69, 9.17) is 9.57 Å². The summed E-state index contributed by atoms with van der Waals surface area (Å²) in [6.45, 7) is 1.79. The Hall–Kier alpha value is -2.17. The van der Waals surface area contributed by atoms with Crippen molar-refractivity contribution in [3.05, 3.63) is 70.8 Å². The maximum atomic E-state index is 11.9. The van der Waals surface area contributed by atoms with Crippen molar-refractivity contribution in [1.82, 2.24) is 5.48 Å². The summed E-state index contributed by atoms with van der Waals surface area (Å²) < 4.78 is 5.41. The molecule has 0 aliphatic carbocycles. The van der Waals surface area contributed by atoms with Crippen LogP contribution in [-0.2, 0) is 40.4 Å². The Morgan fingerprint density at radius 1 is 1.09 bits per heavy atom. The molecule has 0 bridgehead atoms. The van der Waals surface area contributed by atoms with E-state index in [2.05, 4.69) is 11.5 Å². The molecule has 0 fully saturated rings. The van der Waals surface area contributed by atoms with Crippen LogP contribution in [0, 0.1) is 0 Å². The molecular weight excluding hydrogens is 278 g/mol. The summed E-state index contributed by atoms with van der Waals surface area (Å²) in [5, 5.41) is 0. The van der Waals surface area contributed by atoms with Gasteiger partial charge in [-0.1, -0.05) is 48.5 Å². The standard InChI is InChI=1S/C18H19NO3/c20-18(19-22-12-14-4-2-1-3-5-14)11-15-6-7-17-13-21-9-8-16(17)10-15/h1-7,10H,8-9,11-13H2,(H,19,20). The Labute approximate surface area is 130 Å². The molecule has 0 unspecified atom stereocenters. The number of benzene rings is 2. The third kappa shape index (κ3) is 3.93. The fourth-order valence-electron chi connectivity index (χ4n) is 2.52. The Kier molecular flexibility index (Phi) is 4.83. The Balaban J connectivity index is 1.49. The number of amides is 1. The smallest absolute Gasteiger partial charge is 0.247 e. The topological polar surface area (TPSA) is 47.6 Å². The summed E-state index contributed by atoms with van der Waals surface area (Å²) in [5.41, 5.74) is 7.02. The Morgan fingerprint density at radius 2 is 1.95 bits per heavy atom. The molecule has 0 aromatic heterocycles. The fourth-order valence-corrected chi connectivity index (χ4v) is 2.52. The highest BCUT2D eigenvalue weighted by molar-refractivity contribution is 5.77. The first kappa shape index (κ1) is 14.8. The number of hydrogen-bond acceptors (Lipinski definition) is 3. The van der Waals surface area contributed by atoms with Crippen LogP contribution in [0.2, 0.25) is 0 Å². The SMILES string of the molecule is O=C(Cc1ccc2c(c1)CCOC2)NOCc1ccccc1. The first-order chi connectivity index (χ1) is 10.8. The molecule has 22 heavy (non-hydrogen) atoms. The number of hydroxylamine groups is 1. The van der Waals surface area contributed by atoms with Crippen LogP contribution in [0.4, 0.5) is 0 Å². The van der Waals surface area contributed by atoms with Gasteiger partial charge in [0, 0.05) is 0 Å². The summed E-state index contributed by atoms with van der Waals surface area (Å²) in [6, 6.07) is 15.9. The van der Waals surface area contributed by atoms with Crippen LogP contribution >= 0.6 is 0 Å². The van der Waals surface area contributed by atoms with E-state index in [1.54, 1.807) is 0 Å². The van der Waals surface area contributed by atoms with E-state index in [-0.39, 0.29) is 5.91 Å². The van der Waals surface area contributed by atoms with E-state index < -0.39 is 0 Å². The maximum absolute atomic E-state index is 11.9. The lowest BCUT2D eigenvalue weighted by atomic mass is 9.99. The van der Waals surface area contributed by atoms with Crippen molar-refractivity contribution < 1.29 is 14.4 Å². The van der Waals surface area contributed by atoms with Crippen LogP contribution < -0.4 is 5.48 Å². The van der Waals surface area contributed by atoms with Gasteiger partial charge in [-0.05, 0) is 28.7 Å². The molecule has 1 N–H and O–H groups in total. The van der Waals surface area contributed by atoms with Gasteiger partial charge in [0.1, 0.15) is 0 Å². The fraction of sp³-hybridized carbons (Fsp3) is 0.278. The number of carbonyl (C=O) groups is 1. The number of ether oxygens (including phenoxy) is 1. The Bertz CT molecular complexity index is 640. The lowest BCUT2D eigenvalue weighted by molar-refractivity contribution is -0.133. The van der Waals surface area contributed by atoms with Gasteiger partial charge in [0.25, 0.3) is 0 Å². The highest BCUT2D eigenvalue weighted by Gasteiger charge is 2.11. The number of fused-ring (bicyclic) bond motifs is 1. The van der Waals surface area contributed by atoms with Gasteiger partial charge < -0.3 is 4.74 Å². The van der Waals surface area contributed by atoms with Crippen LogP contribution in [0.1, 0.15) is 22.3 Å². The molecule has 114 valence electrons. The minimum absolute atomic E-state index is 0.136. The molecule has 0 saturated carbocycles. The van der Waals surface area contributed by atoms with Crippen molar-refractivity contribution in [3.8, 4) is 0 Å². The normalized spacial score (nSPS) is 13.5. The Morgan fingerprint density at radius 3 is 2.82 bits per heavy atom. The first-order valence-electron chi connectivity index (χ1n) is 7.44. The highest BCUT2D eigenvalue weighted by atomic mass is 16.6. The van der Waals surface area contributed by atoms with Crippen LogP contribution in [0.3, 0.4) is 0 Å². The summed E-state index contributed by atoms with van der Waals surface area (Å²) in [4.78, 5) is 17.2. The van der Waals surface area contributed by atoms with Crippen molar-refractivity contribution in [3.63, 3.8) is 0 Å². The van der Waals surface area contributed by atoms with E-state index in [0.29, 0.717) is 19.6 Å². The average molecular weight is 297 g/mol. The van der Waals surface area contributed by atoms with E-state index in [9.17, 15) is 4.79 Å². The first-order valence-corrected chi connectivity index (χ1v) is 7.44. The van der Waals surface area contributed by atoms with E-state index in [1.807, 2.05) is 42.5 Å². The van der Waals surface area contributed by atoms with Gasteiger partial charge in [-0.3, -0.25) is 9.63 Å². The van der Waals surface area contributed by atoms with Crippen LogP contribution in [0.15, 0.2) is 48.5 Å². The summed E-state index contributed by atoms with van der Waals surface area (Å²) in [6.07, 6.45) is 1.23. The minimum Gasteiger partial charge on any atom is -0.376 e. The molecule has 1 amide bonds. The minimum atomic E-state index is -0.136. The van der Waals surface area contributed by atoms with Gasteiger partial charge in [0.2, 0.25) is 5.91 Å². The molecule has 1 heterocycles. The third-order valence-corrected chi connectivity index (χ3v) is 3.68. The molecule has 0 saturated heterocycles. The van der Waals surface area contributed by atoms with Crippen molar-refractivity contribution in [2.75, 3.05) is 6.61 Å². The quantitative estimate of drug-likeness (QED) is 0.863.